The summed E-state index contributed by atoms with van der Waals surface area (Å²) >= 11 is 0. The second-order valence-corrected chi connectivity index (χ2v) is 8.59. The summed E-state index contributed by atoms with van der Waals surface area (Å²) in [6, 6.07) is 7.29. The van der Waals surface area contributed by atoms with Gasteiger partial charge < -0.3 is 9.64 Å². The standard InChI is InChI=1S/C17H26N2O4S/c1-12(2)15-9-19(10-16(15)18-24(4,21)22)17(20)11-23-14-7-5-6-13(3)8-14/h5-8,12,15-16,18H,9-11H2,1-4H3/t15-,16+/m1/s1. The number of nitrogens with zero attached hydrogens (tertiary/aromatic N) is 1. The van der Waals surface area contributed by atoms with Crippen LogP contribution in [-0.2, 0) is 14.8 Å². The highest BCUT2D eigenvalue weighted by atomic mass is 32.2. The third kappa shape index (κ3) is 5.21. The number of rotatable bonds is 6. The van der Waals surface area contributed by atoms with Crippen molar-refractivity contribution in [1.29, 1.82) is 0 Å². The van der Waals surface area contributed by atoms with Gasteiger partial charge in [0.15, 0.2) is 6.61 Å². The first-order valence-electron chi connectivity index (χ1n) is 8.10. The van der Waals surface area contributed by atoms with E-state index in [-0.39, 0.29) is 30.4 Å². The number of sulfonamides is 1. The smallest absolute Gasteiger partial charge is 0.260 e. The van der Waals surface area contributed by atoms with Crippen molar-refractivity contribution in [2.24, 2.45) is 11.8 Å². The van der Waals surface area contributed by atoms with E-state index in [1.807, 2.05) is 45.0 Å². The molecule has 1 aliphatic rings. The fraction of sp³-hybridized carbons (Fsp3) is 0.588. The lowest BCUT2D eigenvalue weighted by molar-refractivity contribution is -0.132. The first-order valence-corrected chi connectivity index (χ1v) is 9.99. The highest BCUT2D eigenvalue weighted by Gasteiger charge is 2.38. The van der Waals surface area contributed by atoms with Gasteiger partial charge in [-0.25, -0.2) is 13.1 Å². The number of carbonyl (C=O) groups excluding carboxylic acids is 1. The fourth-order valence-corrected chi connectivity index (χ4v) is 3.85. The van der Waals surface area contributed by atoms with E-state index in [0.717, 1.165) is 11.8 Å². The maximum Gasteiger partial charge on any atom is 0.260 e. The van der Waals surface area contributed by atoms with Crippen molar-refractivity contribution in [3.8, 4) is 5.75 Å². The van der Waals surface area contributed by atoms with Crippen LogP contribution in [0.1, 0.15) is 19.4 Å². The Balaban J connectivity index is 1.97. The van der Waals surface area contributed by atoms with E-state index in [4.69, 9.17) is 4.74 Å². The van der Waals surface area contributed by atoms with E-state index in [0.29, 0.717) is 18.8 Å². The summed E-state index contributed by atoms with van der Waals surface area (Å²) in [7, 11) is -3.30. The molecule has 1 fully saturated rings. The zero-order chi connectivity index (χ0) is 17.9. The number of hydrogen-bond donors (Lipinski definition) is 1. The van der Waals surface area contributed by atoms with Crippen molar-refractivity contribution in [2.75, 3.05) is 26.0 Å². The Labute approximate surface area is 144 Å². The van der Waals surface area contributed by atoms with Crippen LogP contribution in [0.15, 0.2) is 24.3 Å². The van der Waals surface area contributed by atoms with Gasteiger partial charge >= 0.3 is 0 Å². The SMILES string of the molecule is Cc1cccc(OCC(=O)N2C[C@H](NS(C)(=O)=O)[C@@H](C(C)C)C2)c1. The number of benzene rings is 1. The average molecular weight is 354 g/mol. The monoisotopic (exact) mass is 354 g/mol. The molecule has 1 amide bonds. The third-order valence-electron chi connectivity index (χ3n) is 4.29. The molecule has 1 N–H and O–H groups in total. The Bertz CT molecular complexity index is 688. The van der Waals surface area contributed by atoms with Gasteiger partial charge in [-0.2, -0.15) is 0 Å². The molecule has 0 spiro atoms. The van der Waals surface area contributed by atoms with Crippen LogP contribution in [0.5, 0.6) is 5.75 Å². The number of aryl methyl sites for hydroxylation is 1. The summed E-state index contributed by atoms with van der Waals surface area (Å²) in [4.78, 5) is 14.1. The normalized spacial score (nSPS) is 21.3. The molecule has 7 heteroatoms. The van der Waals surface area contributed by atoms with E-state index in [1.54, 1.807) is 4.90 Å². The molecule has 0 aromatic heterocycles. The summed E-state index contributed by atoms with van der Waals surface area (Å²) in [6.45, 7) is 6.92. The molecule has 0 aliphatic carbocycles. The summed E-state index contributed by atoms with van der Waals surface area (Å²) in [5.74, 6) is 0.913. The largest absolute Gasteiger partial charge is 0.484 e. The first-order chi connectivity index (χ1) is 11.2. The van der Waals surface area contributed by atoms with Crippen LogP contribution < -0.4 is 9.46 Å². The summed E-state index contributed by atoms with van der Waals surface area (Å²) in [5.41, 5.74) is 1.07. The number of hydrogen-bond acceptors (Lipinski definition) is 4. The minimum atomic E-state index is -3.30. The van der Waals surface area contributed by atoms with Crippen molar-refractivity contribution in [3.63, 3.8) is 0 Å². The molecule has 1 aliphatic heterocycles. The molecule has 6 nitrogen and oxygen atoms in total. The Morgan fingerprint density at radius 2 is 2.08 bits per heavy atom. The topological polar surface area (TPSA) is 75.7 Å². The van der Waals surface area contributed by atoms with Crippen molar-refractivity contribution in [2.45, 2.75) is 26.8 Å². The molecular formula is C17H26N2O4S. The summed E-state index contributed by atoms with van der Waals surface area (Å²) in [6.07, 6.45) is 1.15. The van der Waals surface area contributed by atoms with Gasteiger partial charge in [0.2, 0.25) is 10.0 Å². The highest BCUT2D eigenvalue weighted by Crippen LogP contribution is 2.25. The third-order valence-corrected chi connectivity index (χ3v) is 5.02. The minimum Gasteiger partial charge on any atom is -0.484 e. The van der Waals surface area contributed by atoms with Gasteiger partial charge in [0.05, 0.1) is 6.26 Å². The van der Waals surface area contributed by atoms with E-state index in [1.165, 1.54) is 0 Å². The molecule has 2 rings (SSSR count). The Hall–Kier alpha value is -1.60. The van der Waals surface area contributed by atoms with Crippen LogP contribution in [-0.4, -0.2) is 51.2 Å². The lowest BCUT2D eigenvalue weighted by Gasteiger charge is -2.21. The number of ether oxygens (including phenoxy) is 1. The fourth-order valence-electron chi connectivity index (χ4n) is 3.05. The average Bonchev–Trinajstić information content (AvgIpc) is 2.87. The molecule has 0 saturated carbocycles. The first kappa shape index (κ1) is 18.7. The molecule has 2 atom stereocenters. The molecule has 1 aromatic carbocycles. The Kier molecular flexibility index (Phi) is 5.87. The van der Waals surface area contributed by atoms with Gasteiger partial charge in [-0.05, 0) is 36.5 Å². The minimum absolute atomic E-state index is 0.0418. The van der Waals surface area contributed by atoms with E-state index in [9.17, 15) is 13.2 Å². The number of amides is 1. The molecule has 1 heterocycles. The van der Waals surface area contributed by atoms with Crippen LogP contribution in [0.25, 0.3) is 0 Å². The van der Waals surface area contributed by atoms with Crippen LogP contribution in [0.4, 0.5) is 0 Å². The van der Waals surface area contributed by atoms with Gasteiger partial charge in [0, 0.05) is 19.1 Å². The van der Waals surface area contributed by atoms with Crippen molar-refractivity contribution in [1.82, 2.24) is 9.62 Å². The van der Waals surface area contributed by atoms with Gasteiger partial charge in [0.25, 0.3) is 5.91 Å². The molecule has 0 bridgehead atoms. The van der Waals surface area contributed by atoms with Crippen molar-refractivity contribution < 1.29 is 17.9 Å². The highest BCUT2D eigenvalue weighted by molar-refractivity contribution is 7.88. The maximum absolute atomic E-state index is 12.4. The molecule has 24 heavy (non-hydrogen) atoms. The molecule has 0 radical (unpaired) electrons. The lowest BCUT2D eigenvalue weighted by atomic mass is 9.92. The van der Waals surface area contributed by atoms with Crippen LogP contribution in [0, 0.1) is 18.8 Å². The van der Waals surface area contributed by atoms with Gasteiger partial charge in [-0.3, -0.25) is 4.79 Å². The van der Waals surface area contributed by atoms with Gasteiger partial charge in [0.1, 0.15) is 5.75 Å². The van der Waals surface area contributed by atoms with Crippen LogP contribution >= 0.6 is 0 Å². The summed E-state index contributed by atoms with van der Waals surface area (Å²) < 4.78 is 31.3. The van der Waals surface area contributed by atoms with Gasteiger partial charge in [-0.1, -0.05) is 26.0 Å². The molecule has 1 aromatic rings. The van der Waals surface area contributed by atoms with Crippen molar-refractivity contribution in [3.05, 3.63) is 29.8 Å². The van der Waals surface area contributed by atoms with E-state index in [2.05, 4.69) is 4.72 Å². The molecule has 1 saturated heterocycles. The van der Waals surface area contributed by atoms with Crippen LogP contribution in [0.3, 0.4) is 0 Å². The van der Waals surface area contributed by atoms with E-state index >= 15 is 0 Å². The second kappa shape index (κ2) is 7.53. The Morgan fingerprint density at radius 1 is 1.38 bits per heavy atom. The molecule has 134 valence electrons. The Morgan fingerprint density at radius 3 is 2.67 bits per heavy atom. The predicted molar refractivity (Wildman–Crippen MR) is 93.3 cm³/mol. The molecule has 0 unspecified atom stereocenters. The zero-order valence-electron chi connectivity index (χ0n) is 14.7. The predicted octanol–water partition coefficient (Wildman–Crippen LogP) is 1.41. The lowest BCUT2D eigenvalue weighted by Crippen LogP contribution is -2.42. The maximum atomic E-state index is 12.4. The number of likely N-dealkylation sites (tertiary alicyclic amines) is 1. The molecular weight excluding hydrogens is 328 g/mol. The van der Waals surface area contributed by atoms with Gasteiger partial charge in [-0.15, -0.1) is 0 Å². The number of nitrogens with one attached hydrogen (secondary N) is 1. The zero-order valence-corrected chi connectivity index (χ0v) is 15.5. The van der Waals surface area contributed by atoms with Crippen molar-refractivity contribution >= 4 is 15.9 Å². The quantitative estimate of drug-likeness (QED) is 0.838. The number of carbonyl (C=O) groups is 1. The second-order valence-electron chi connectivity index (χ2n) is 6.81. The van der Waals surface area contributed by atoms with Crippen LogP contribution in [0.2, 0.25) is 0 Å². The van der Waals surface area contributed by atoms with E-state index < -0.39 is 10.0 Å². The summed E-state index contributed by atoms with van der Waals surface area (Å²) in [5, 5.41) is 0.